The van der Waals surface area contributed by atoms with Crippen molar-refractivity contribution in [3.05, 3.63) is 35.0 Å². The van der Waals surface area contributed by atoms with E-state index in [1.807, 2.05) is 18.3 Å². The normalized spacial score (nSPS) is 11.3. The summed E-state index contributed by atoms with van der Waals surface area (Å²) in [5.41, 5.74) is 2.37. The Hall–Kier alpha value is -1.03. The van der Waals surface area contributed by atoms with Gasteiger partial charge in [-0.2, -0.15) is 0 Å². The molecule has 3 nitrogen and oxygen atoms in total. The molecule has 3 N–H and O–H groups in total. The SMILES string of the molecule is OCCCCCCNCc1c[nH]c2cc(Cl)ccc12. The first-order valence-corrected chi connectivity index (χ1v) is 7.26. The second-order valence-corrected chi connectivity index (χ2v) is 5.25. The highest BCUT2D eigenvalue weighted by molar-refractivity contribution is 6.31. The highest BCUT2D eigenvalue weighted by atomic mass is 35.5. The zero-order chi connectivity index (χ0) is 13.5. The average Bonchev–Trinajstić information content (AvgIpc) is 2.80. The molecule has 4 heteroatoms. The fourth-order valence-electron chi connectivity index (χ4n) is 2.24. The van der Waals surface area contributed by atoms with Crippen molar-refractivity contribution in [3.8, 4) is 0 Å². The van der Waals surface area contributed by atoms with Gasteiger partial charge in [0.05, 0.1) is 0 Å². The third-order valence-corrected chi connectivity index (χ3v) is 3.54. The van der Waals surface area contributed by atoms with Crippen molar-refractivity contribution >= 4 is 22.5 Å². The number of aromatic nitrogens is 1. The lowest BCUT2D eigenvalue weighted by atomic mass is 10.1. The van der Waals surface area contributed by atoms with Gasteiger partial charge in [-0.05, 0) is 37.1 Å². The lowest BCUT2D eigenvalue weighted by molar-refractivity contribution is 0.282. The van der Waals surface area contributed by atoms with Gasteiger partial charge >= 0.3 is 0 Å². The number of fused-ring (bicyclic) bond motifs is 1. The molecule has 1 aromatic carbocycles. The lowest BCUT2D eigenvalue weighted by Gasteiger charge is -2.04. The molecule has 0 fully saturated rings. The number of nitrogens with one attached hydrogen (secondary N) is 2. The summed E-state index contributed by atoms with van der Waals surface area (Å²) in [5.74, 6) is 0. The molecule has 0 saturated heterocycles. The molecular formula is C15H21ClN2O. The molecule has 0 bridgehead atoms. The van der Waals surface area contributed by atoms with E-state index < -0.39 is 0 Å². The van der Waals surface area contributed by atoms with Crippen LogP contribution >= 0.6 is 11.6 Å². The predicted octanol–water partition coefficient (Wildman–Crippen LogP) is 3.46. The van der Waals surface area contributed by atoms with Gasteiger partial charge < -0.3 is 15.4 Å². The van der Waals surface area contributed by atoms with Gasteiger partial charge in [-0.15, -0.1) is 0 Å². The van der Waals surface area contributed by atoms with Crippen LogP contribution in [0.1, 0.15) is 31.2 Å². The van der Waals surface area contributed by atoms with Crippen molar-refractivity contribution in [3.63, 3.8) is 0 Å². The second kappa shape index (κ2) is 7.53. The number of unbranched alkanes of at least 4 members (excludes halogenated alkanes) is 3. The number of benzene rings is 1. The number of hydrogen-bond donors (Lipinski definition) is 3. The van der Waals surface area contributed by atoms with Crippen LogP contribution in [0.25, 0.3) is 10.9 Å². The molecule has 2 rings (SSSR count). The minimum absolute atomic E-state index is 0.311. The molecule has 0 aliphatic rings. The van der Waals surface area contributed by atoms with Crippen molar-refractivity contribution < 1.29 is 5.11 Å². The summed E-state index contributed by atoms with van der Waals surface area (Å²) >= 11 is 5.96. The van der Waals surface area contributed by atoms with Gasteiger partial charge in [0.1, 0.15) is 0 Å². The van der Waals surface area contributed by atoms with E-state index >= 15 is 0 Å². The van der Waals surface area contributed by atoms with E-state index in [2.05, 4.69) is 16.4 Å². The maximum atomic E-state index is 8.69. The molecule has 0 radical (unpaired) electrons. The molecule has 0 atom stereocenters. The highest BCUT2D eigenvalue weighted by Gasteiger charge is 2.03. The minimum Gasteiger partial charge on any atom is -0.396 e. The van der Waals surface area contributed by atoms with Crippen LogP contribution in [0.15, 0.2) is 24.4 Å². The third-order valence-electron chi connectivity index (χ3n) is 3.31. The quantitative estimate of drug-likeness (QED) is 0.649. The number of rotatable bonds is 8. The van der Waals surface area contributed by atoms with Crippen LogP contribution in [0.5, 0.6) is 0 Å². The first kappa shape index (κ1) is 14.4. The zero-order valence-corrected chi connectivity index (χ0v) is 11.8. The molecule has 0 aliphatic carbocycles. The van der Waals surface area contributed by atoms with Crippen LogP contribution in [0.3, 0.4) is 0 Å². The largest absolute Gasteiger partial charge is 0.396 e. The van der Waals surface area contributed by atoms with Gasteiger partial charge in [-0.3, -0.25) is 0 Å². The van der Waals surface area contributed by atoms with Crippen LogP contribution in [0, 0.1) is 0 Å². The molecule has 0 aliphatic heterocycles. The standard InChI is InChI=1S/C15H21ClN2O/c16-13-5-6-14-12(11-18-15(14)9-13)10-17-7-3-1-2-4-8-19/h5-6,9,11,17-19H,1-4,7-8,10H2. The predicted molar refractivity (Wildman–Crippen MR) is 80.6 cm³/mol. The molecule has 0 unspecified atom stereocenters. The maximum Gasteiger partial charge on any atom is 0.0472 e. The summed E-state index contributed by atoms with van der Waals surface area (Å²) in [6.07, 6.45) is 6.41. The summed E-state index contributed by atoms with van der Waals surface area (Å²) in [6, 6.07) is 5.94. The van der Waals surface area contributed by atoms with E-state index in [1.54, 1.807) is 0 Å². The highest BCUT2D eigenvalue weighted by Crippen LogP contribution is 2.21. The fraction of sp³-hybridized carbons (Fsp3) is 0.467. The van der Waals surface area contributed by atoms with E-state index in [0.29, 0.717) is 6.61 Å². The van der Waals surface area contributed by atoms with Crippen LogP contribution in [-0.4, -0.2) is 23.2 Å². The Morgan fingerprint density at radius 3 is 2.84 bits per heavy atom. The Morgan fingerprint density at radius 1 is 1.16 bits per heavy atom. The monoisotopic (exact) mass is 280 g/mol. The van der Waals surface area contributed by atoms with E-state index in [1.165, 1.54) is 17.4 Å². The molecule has 104 valence electrons. The Balaban J connectivity index is 1.76. The molecule has 19 heavy (non-hydrogen) atoms. The Morgan fingerprint density at radius 2 is 2.00 bits per heavy atom. The number of halogens is 1. The molecule has 1 heterocycles. The van der Waals surface area contributed by atoms with Gasteiger partial charge in [0.15, 0.2) is 0 Å². The third kappa shape index (κ3) is 4.23. The maximum absolute atomic E-state index is 8.69. The smallest absolute Gasteiger partial charge is 0.0472 e. The van der Waals surface area contributed by atoms with E-state index in [-0.39, 0.29) is 0 Å². The summed E-state index contributed by atoms with van der Waals surface area (Å²) in [6.45, 7) is 2.21. The molecule has 0 spiro atoms. The van der Waals surface area contributed by atoms with Crippen LogP contribution in [0.4, 0.5) is 0 Å². The second-order valence-electron chi connectivity index (χ2n) is 4.82. The first-order chi connectivity index (χ1) is 9.31. The van der Waals surface area contributed by atoms with Crippen LogP contribution in [-0.2, 0) is 6.54 Å². The van der Waals surface area contributed by atoms with Gasteiger partial charge in [-0.25, -0.2) is 0 Å². The topological polar surface area (TPSA) is 48.0 Å². The lowest BCUT2D eigenvalue weighted by Crippen LogP contribution is -2.14. The molecule has 2 aromatic rings. The summed E-state index contributed by atoms with van der Waals surface area (Å²) < 4.78 is 0. The first-order valence-electron chi connectivity index (χ1n) is 6.88. The van der Waals surface area contributed by atoms with Crippen molar-refractivity contribution in [2.45, 2.75) is 32.2 Å². The number of aliphatic hydroxyl groups excluding tert-OH is 1. The molecule has 0 amide bonds. The number of aliphatic hydroxyl groups is 1. The average molecular weight is 281 g/mol. The van der Waals surface area contributed by atoms with Crippen molar-refractivity contribution in [2.75, 3.05) is 13.2 Å². The van der Waals surface area contributed by atoms with E-state index in [4.69, 9.17) is 16.7 Å². The summed E-state index contributed by atoms with van der Waals surface area (Å²) in [7, 11) is 0. The zero-order valence-electron chi connectivity index (χ0n) is 11.1. The van der Waals surface area contributed by atoms with Crippen molar-refractivity contribution in [2.24, 2.45) is 0 Å². The number of hydrogen-bond acceptors (Lipinski definition) is 2. The van der Waals surface area contributed by atoms with Crippen molar-refractivity contribution in [1.29, 1.82) is 0 Å². The Kier molecular flexibility index (Phi) is 5.70. The fourth-order valence-corrected chi connectivity index (χ4v) is 2.42. The van der Waals surface area contributed by atoms with Gasteiger partial charge in [0.25, 0.3) is 0 Å². The van der Waals surface area contributed by atoms with Gasteiger partial charge in [0.2, 0.25) is 0 Å². The van der Waals surface area contributed by atoms with Crippen LogP contribution in [0.2, 0.25) is 5.02 Å². The number of aromatic amines is 1. The summed E-state index contributed by atoms with van der Waals surface area (Å²) in [4.78, 5) is 3.25. The van der Waals surface area contributed by atoms with E-state index in [9.17, 15) is 0 Å². The minimum atomic E-state index is 0.311. The molecular weight excluding hydrogens is 260 g/mol. The molecule has 0 saturated carbocycles. The van der Waals surface area contributed by atoms with Crippen molar-refractivity contribution in [1.82, 2.24) is 10.3 Å². The Bertz CT molecular complexity index is 510. The Labute approximate surface area is 119 Å². The summed E-state index contributed by atoms with van der Waals surface area (Å²) in [5, 5.41) is 14.1. The van der Waals surface area contributed by atoms with Crippen LogP contribution < -0.4 is 5.32 Å². The molecule has 1 aromatic heterocycles. The van der Waals surface area contributed by atoms with E-state index in [0.717, 1.165) is 42.9 Å². The van der Waals surface area contributed by atoms with Gasteiger partial charge in [0, 0.05) is 35.3 Å². The van der Waals surface area contributed by atoms with Gasteiger partial charge in [-0.1, -0.05) is 30.5 Å². The number of H-pyrrole nitrogens is 1.